The summed E-state index contributed by atoms with van der Waals surface area (Å²) in [6, 6.07) is 8.79. The summed E-state index contributed by atoms with van der Waals surface area (Å²) in [7, 11) is 0. The third-order valence-corrected chi connectivity index (χ3v) is 5.85. The minimum Gasteiger partial charge on any atom is -0.508 e. The molecule has 0 bridgehead atoms. The van der Waals surface area contributed by atoms with Gasteiger partial charge in [0, 0.05) is 22.0 Å². The highest BCUT2D eigenvalue weighted by Crippen LogP contribution is 2.36. The Morgan fingerprint density at radius 1 is 1.46 bits per heavy atom. The molecule has 0 aliphatic carbocycles. The Bertz CT molecular complexity index is 775. The molecule has 126 valence electrons. The number of rotatable bonds is 3. The number of phenols is 1. The number of hydrazone groups is 1. The highest BCUT2D eigenvalue weighted by atomic mass is 79.9. The van der Waals surface area contributed by atoms with Crippen LogP contribution in [0.25, 0.3) is 0 Å². The first-order valence-corrected chi connectivity index (χ1v) is 9.36. The van der Waals surface area contributed by atoms with Crippen LogP contribution in [0, 0.1) is 0 Å². The molecule has 24 heavy (non-hydrogen) atoms. The Hall–Kier alpha value is -1.86. The second-order valence-electron chi connectivity index (χ2n) is 5.65. The number of likely N-dealkylation sites (tertiary alicyclic amines) is 1. The van der Waals surface area contributed by atoms with Crippen molar-refractivity contribution in [2.75, 3.05) is 6.54 Å². The van der Waals surface area contributed by atoms with E-state index in [0.717, 1.165) is 33.5 Å². The maximum absolute atomic E-state index is 12.5. The highest BCUT2D eigenvalue weighted by molar-refractivity contribution is 9.10. The first-order chi connectivity index (χ1) is 11.6. The fourth-order valence-electron chi connectivity index (χ4n) is 2.86. The van der Waals surface area contributed by atoms with Crippen molar-refractivity contribution in [3.05, 3.63) is 50.6 Å². The molecule has 1 aliphatic heterocycles. The van der Waals surface area contributed by atoms with E-state index in [-0.39, 0.29) is 17.8 Å². The van der Waals surface area contributed by atoms with Gasteiger partial charge in [0.25, 0.3) is 0 Å². The topological polar surface area (TPSA) is 64.9 Å². The van der Waals surface area contributed by atoms with Gasteiger partial charge in [0.15, 0.2) is 0 Å². The van der Waals surface area contributed by atoms with E-state index >= 15 is 0 Å². The first-order valence-electron chi connectivity index (χ1n) is 7.69. The van der Waals surface area contributed by atoms with Gasteiger partial charge in [-0.1, -0.05) is 18.2 Å². The molecule has 0 spiro atoms. The molecule has 1 unspecified atom stereocenters. The standard InChI is InChI=1S/C17H18BrN3O2S/c1-11(16-9-12(18)10-24-16)19-20-17(23)21-8-4-6-14(21)13-5-2-3-7-15(13)22/h2-3,5,7,9-10,14,22H,4,6,8H2,1H3,(H,20,23). The number of nitrogens with zero attached hydrogens (tertiary/aromatic N) is 2. The van der Waals surface area contributed by atoms with Crippen molar-refractivity contribution in [1.82, 2.24) is 10.3 Å². The van der Waals surface area contributed by atoms with Crippen LogP contribution in [0.4, 0.5) is 4.79 Å². The Morgan fingerprint density at radius 3 is 2.96 bits per heavy atom. The summed E-state index contributed by atoms with van der Waals surface area (Å²) in [4.78, 5) is 15.2. The van der Waals surface area contributed by atoms with E-state index in [1.165, 1.54) is 0 Å². The Morgan fingerprint density at radius 2 is 2.25 bits per heavy atom. The molecule has 0 saturated carbocycles. The van der Waals surface area contributed by atoms with Crippen LogP contribution in [0.15, 0.2) is 45.3 Å². The van der Waals surface area contributed by atoms with Crippen molar-refractivity contribution >= 4 is 39.0 Å². The number of benzene rings is 1. The largest absolute Gasteiger partial charge is 0.508 e. The molecule has 3 rings (SSSR count). The molecule has 1 aromatic carbocycles. The van der Waals surface area contributed by atoms with Gasteiger partial charge in [-0.15, -0.1) is 11.3 Å². The van der Waals surface area contributed by atoms with Gasteiger partial charge in [0.05, 0.1) is 16.6 Å². The van der Waals surface area contributed by atoms with Crippen LogP contribution in [0.3, 0.4) is 0 Å². The smallest absolute Gasteiger partial charge is 0.338 e. The zero-order chi connectivity index (χ0) is 17.1. The third kappa shape index (κ3) is 3.62. The van der Waals surface area contributed by atoms with Crippen molar-refractivity contribution < 1.29 is 9.90 Å². The van der Waals surface area contributed by atoms with Gasteiger partial charge in [0.2, 0.25) is 0 Å². The maximum atomic E-state index is 12.5. The summed E-state index contributed by atoms with van der Waals surface area (Å²) >= 11 is 4.98. The molecule has 0 radical (unpaired) electrons. The quantitative estimate of drug-likeness (QED) is 0.581. The van der Waals surface area contributed by atoms with E-state index in [4.69, 9.17) is 0 Å². The summed E-state index contributed by atoms with van der Waals surface area (Å²) in [6.45, 7) is 2.52. The normalized spacial score (nSPS) is 18.0. The zero-order valence-corrected chi connectivity index (χ0v) is 15.6. The van der Waals surface area contributed by atoms with Gasteiger partial charge < -0.3 is 10.0 Å². The number of nitrogens with one attached hydrogen (secondary N) is 1. The summed E-state index contributed by atoms with van der Waals surface area (Å²) in [6.07, 6.45) is 1.75. The van der Waals surface area contributed by atoms with Crippen molar-refractivity contribution in [3.8, 4) is 5.75 Å². The summed E-state index contributed by atoms with van der Waals surface area (Å²) in [5, 5.41) is 16.2. The molecule has 2 N–H and O–H groups in total. The number of para-hydroxylation sites is 1. The number of aromatic hydroxyl groups is 1. The Labute approximate surface area is 153 Å². The van der Waals surface area contributed by atoms with Gasteiger partial charge in [-0.05, 0) is 47.8 Å². The number of halogens is 1. The van der Waals surface area contributed by atoms with Crippen LogP contribution in [-0.2, 0) is 0 Å². The number of phenolic OH excluding ortho intramolecular Hbond substituents is 1. The predicted molar refractivity (Wildman–Crippen MR) is 99.5 cm³/mol. The molecule has 2 amide bonds. The SMILES string of the molecule is CC(=NNC(=O)N1CCCC1c1ccccc1O)c1cc(Br)cs1. The maximum Gasteiger partial charge on any atom is 0.338 e. The van der Waals surface area contributed by atoms with Crippen molar-refractivity contribution in [1.29, 1.82) is 0 Å². The van der Waals surface area contributed by atoms with Crippen LogP contribution < -0.4 is 5.43 Å². The number of hydrogen-bond donors (Lipinski definition) is 2. The van der Waals surface area contributed by atoms with E-state index in [9.17, 15) is 9.90 Å². The average Bonchev–Trinajstić information content (AvgIpc) is 3.22. The van der Waals surface area contributed by atoms with Crippen LogP contribution in [-0.4, -0.2) is 28.3 Å². The lowest BCUT2D eigenvalue weighted by molar-refractivity contribution is 0.192. The Kier molecular flexibility index (Phi) is 5.20. The first kappa shape index (κ1) is 17.0. The van der Waals surface area contributed by atoms with Crippen LogP contribution in [0.5, 0.6) is 5.75 Å². The second-order valence-corrected chi connectivity index (χ2v) is 7.48. The number of thiophene rings is 1. The minimum atomic E-state index is -0.240. The lowest BCUT2D eigenvalue weighted by atomic mass is 10.0. The van der Waals surface area contributed by atoms with Gasteiger partial charge in [-0.3, -0.25) is 0 Å². The molecular weight excluding hydrogens is 390 g/mol. The molecule has 5 nitrogen and oxygen atoms in total. The lowest BCUT2D eigenvalue weighted by Gasteiger charge is -2.24. The number of hydrogen-bond acceptors (Lipinski definition) is 4. The van der Waals surface area contributed by atoms with E-state index in [2.05, 4.69) is 26.5 Å². The van der Waals surface area contributed by atoms with Crippen molar-refractivity contribution in [3.63, 3.8) is 0 Å². The number of carbonyl (C=O) groups is 1. The van der Waals surface area contributed by atoms with Crippen molar-refractivity contribution in [2.24, 2.45) is 5.10 Å². The predicted octanol–water partition coefficient (Wildman–Crippen LogP) is 4.49. The molecule has 1 fully saturated rings. The summed E-state index contributed by atoms with van der Waals surface area (Å²) in [5.74, 6) is 0.227. The molecule has 7 heteroatoms. The van der Waals surface area contributed by atoms with Gasteiger partial charge >= 0.3 is 6.03 Å². The molecule has 1 saturated heterocycles. The van der Waals surface area contributed by atoms with E-state index in [0.29, 0.717) is 6.54 Å². The molecule has 2 aromatic rings. The fourth-order valence-corrected chi connectivity index (χ4v) is 4.24. The molecule has 1 atom stereocenters. The molecule has 2 heterocycles. The van der Waals surface area contributed by atoms with E-state index < -0.39 is 0 Å². The van der Waals surface area contributed by atoms with Crippen LogP contribution in [0.1, 0.15) is 36.2 Å². The number of amides is 2. The van der Waals surface area contributed by atoms with E-state index in [1.54, 1.807) is 28.4 Å². The van der Waals surface area contributed by atoms with Crippen LogP contribution in [0.2, 0.25) is 0 Å². The van der Waals surface area contributed by atoms with Crippen molar-refractivity contribution in [2.45, 2.75) is 25.8 Å². The van der Waals surface area contributed by atoms with Gasteiger partial charge in [-0.2, -0.15) is 5.10 Å². The molecule has 1 aromatic heterocycles. The third-order valence-electron chi connectivity index (χ3n) is 4.05. The highest BCUT2D eigenvalue weighted by Gasteiger charge is 2.31. The fraction of sp³-hybridized carbons (Fsp3) is 0.294. The lowest BCUT2D eigenvalue weighted by Crippen LogP contribution is -2.37. The monoisotopic (exact) mass is 407 g/mol. The summed E-state index contributed by atoms with van der Waals surface area (Å²) < 4.78 is 1.00. The van der Waals surface area contributed by atoms with E-state index in [1.807, 2.05) is 30.5 Å². The molecule has 1 aliphatic rings. The Balaban J connectivity index is 1.71. The minimum absolute atomic E-state index is 0.113. The zero-order valence-electron chi connectivity index (χ0n) is 13.2. The summed E-state index contributed by atoms with van der Waals surface area (Å²) in [5.41, 5.74) is 4.18. The van der Waals surface area contributed by atoms with Gasteiger partial charge in [-0.25, -0.2) is 10.2 Å². The van der Waals surface area contributed by atoms with Crippen LogP contribution >= 0.6 is 27.3 Å². The number of carbonyl (C=O) groups excluding carboxylic acids is 1. The molecular formula is C17H18BrN3O2S. The average molecular weight is 408 g/mol. The number of urea groups is 1. The van der Waals surface area contributed by atoms with Gasteiger partial charge in [0.1, 0.15) is 5.75 Å². The second kappa shape index (κ2) is 7.36.